The molecule has 0 bridgehead atoms. The Labute approximate surface area is 168 Å². The molecule has 11 nitrogen and oxygen atoms in total. The second-order valence-corrected chi connectivity index (χ2v) is 8.20. The minimum absolute atomic E-state index is 0.0197. The normalized spacial score (nSPS) is 11.5. The summed E-state index contributed by atoms with van der Waals surface area (Å²) in [5, 5.41) is 20.8. The first kappa shape index (κ1) is 18.8. The molecule has 4 aromatic rings. The summed E-state index contributed by atoms with van der Waals surface area (Å²) >= 11 is 6.04. The van der Waals surface area contributed by atoms with E-state index in [2.05, 4.69) is 35.8 Å². The van der Waals surface area contributed by atoms with E-state index in [0.29, 0.717) is 33.1 Å². The number of hydrogen-bond donors (Lipinski definition) is 3. The summed E-state index contributed by atoms with van der Waals surface area (Å²) in [4.78, 5) is 12.8. The number of carbonyl (C=O) groups is 1. The lowest BCUT2D eigenvalue weighted by molar-refractivity contribution is 0.102. The third-order valence-corrected chi connectivity index (χ3v) is 4.66. The lowest BCUT2D eigenvalue weighted by atomic mass is 10.1. The smallest absolute Gasteiger partial charge is 0.278 e. The van der Waals surface area contributed by atoms with Crippen LogP contribution in [0.5, 0.6) is 0 Å². The fourth-order valence-electron chi connectivity index (χ4n) is 2.66. The predicted octanol–water partition coefficient (Wildman–Crippen LogP) is 2.29. The van der Waals surface area contributed by atoms with Crippen molar-refractivity contribution in [3.8, 4) is 11.4 Å². The van der Waals surface area contributed by atoms with Crippen molar-refractivity contribution in [2.75, 3.05) is 16.3 Å². The zero-order valence-electron chi connectivity index (χ0n) is 14.7. The molecule has 148 valence electrons. The molecular weight excluding hydrogens is 422 g/mol. The Hall–Kier alpha value is -3.51. The molecule has 3 N–H and O–H groups in total. The molecule has 4 rings (SSSR count). The van der Waals surface area contributed by atoms with Crippen molar-refractivity contribution in [1.29, 1.82) is 0 Å². The predicted molar refractivity (Wildman–Crippen MR) is 105 cm³/mol. The van der Waals surface area contributed by atoms with E-state index in [4.69, 9.17) is 16.1 Å². The second kappa shape index (κ2) is 7.14. The summed E-state index contributed by atoms with van der Waals surface area (Å²) in [5.41, 5.74) is 1.44. The molecule has 2 heterocycles. The van der Waals surface area contributed by atoms with Crippen molar-refractivity contribution in [3.05, 3.63) is 47.1 Å². The number of halogens is 1. The number of hydrogen-bond acceptors (Lipinski definition) is 8. The number of rotatable bonds is 5. The van der Waals surface area contributed by atoms with E-state index in [0.717, 1.165) is 6.26 Å². The maximum absolute atomic E-state index is 12.8. The lowest BCUT2D eigenvalue weighted by Gasteiger charge is -2.08. The van der Waals surface area contributed by atoms with Crippen LogP contribution in [-0.4, -0.2) is 46.4 Å². The van der Waals surface area contributed by atoms with Crippen molar-refractivity contribution in [2.45, 2.75) is 0 Å². The summed E-state index contributed by atoms with van der Waals surface area (Å²) < 4.78 is 30.4. The molecule has 2 aromatic carbocycles. The summed E-state index contributed by atoms with van der Waals surface area (Å²) in [6.07, 6.45) is 1.03. The molecule has 0 saturated heterocycles. The molecule has 1 amide bonds. The Kier molecular flexibility index (Phi) is 4.64. The molecule has 0 saturated carbocycles. The molecule has 0 spiro atoms. The van der Waals surface area contributed by atoms with Crippen molar-refractivity contribution < 1.29 is 17.7 Å². The van der Waals surface area contributed by atoms with E-state index in [1.165, 1.54) is 18.2 Å². The van der Waals surface area contributed by atoms with E-state index in [1.807, 2.05) is 0 Å². The number of benzene rings is 2. The maximum atomic E-state index is 12.8. The number of sulfonamides is 1. The van der Waals surface area contributed by atoms with E-state index in [1.54, 1.807) is 18.2 Å². The van der Waals surface area contributed by atoms with Crippen LogP contribution in [-0.2, 0) is 10.0 Å². The highest BCUT2D eigenvalue weighted by atomic mass is 35.5. The van der Waals surface area contributed by atoms with Gasteiger partial charge in [0.15, 0.2) is 17.1 Å². The van der Waals surface area contributed by atoms with Crippen molar-refractivity contribution >= 4 is 49.9 Å². The zero-order valence-corrected chi connectivity index (χ0v) is 16.2. The van der Waals surface area contributed by atoms with Crippen LogP contribution in [0.3, 0.4) is 0 Å². The van der Waals surface area contributed by atoms with Crippen LogP contribution in [0.1, 0.15) is 10.5 Å². The molecule has 0 unspecified atom stereocenters. The summed E-state index contributed by atoms with van der Waals surface area (Å²) in [7, 11) is -3.48. The van der Waals surface area contributed by atoms with E-state index in [9.17, 15) is 13.2 Å². The van der Waals surface area contributed by atoms with Crippen LogP contribution in [0.15, 0.2) is 40.9 Å². The van der Waals surface area contributed by atoms with Gasteiger partial charge in [-0.2, -0.15) is 0 Å². The monoisotopic (exact) mass is 433 g/mol. The number of H-pyrrole nitrogens is 1. The van der Waals surface area contributed by atoms with Crippen LogP contribution >= 0.6 is 11.6 Å². The van der Waals surface area contributed by atoms with E-state index < -0.39 is 15.9 Å². The summed E-state index contributed by atoms with van der Waals surface area (Å²) in [5.74, 6) is -0.260. The van der Waals surface area contributed by atoms with Gasteiger partial charge >= 0.3 is 0 Å². The molecule has 0 aliphatic heterocycles. The van der Waals surface area contributed by atoms with Crippen LogP contribution < -0.4 is 10.0 Å². The quantitative estimate of drug-likeness (QED) is 0.432. The number of nitrogens with one attached hydrogen (secondary N) is 3. The largest absolute Gasteiger partial charge is 0.355 e. The maximum Gasteiger partial charge on any atom is 0.278 e. The number of tetrazole rings is 1. The Morgan fingerprint density at radius 1 is 1.21 bits per heavy atom. The standard InChI is InChI=1S/C16H12ClN7O4S/c1-29(26,27)22-9-3-5-13-11(7-9)14(21-28-13)16(25)18-12-4-2-8(17)6-10(12)15-19-23-24-20-15/h2-7,22H,1H3,(H,18,25)(H,19,20,23,24). The Bertz CT molecular complexity index is 1320. The number of anilines is 2. The number of carbonyl (C=O) groups excluding carboxylic acids is 1. The van der Waals surface area contributed by atoms with Crippen molar-refractivity contribution in [2.24, 2.45) is 0 Å². The second-order valence-electron chi connectivity index (χ2n) is 6.01. The Morgan fingerprint density at radius 2 is 2.03 bits per heavy atom. The highest BCUT2D eigenvalue weighted by Gasteiger charge is 2.19. The molecular formula is C16H12ClN7O4S. The van der Waals surface area contributed by atoms with Crippen LogP contribution in [0.2, 0.25) is 5.02 Å². The third kappa shape index (κ3) is 4.02. The van der Waals surface area contributed by atoms with Crippen LogP contribution in [0, 0.1) is 0 Å². The SMILES string of the molecule is CS(=O)(=O)Nc1ccc2onc(C(=O)Nc3ccc(Cl)cc3-c3nnn[nH]3)c2c1. The highest BCUT2D eigenvalue weighted by molar-refractivity contribution is 7.92. The van der Waals surface area contributed by atoms with E-state index in [-0.39, 0.29) is 11.4 Å². The average Bonchev–Trinajstić information content (AvgIpc) is 3.31. The zero-order chi connectivity index (χ0) is 20.6. The van der Waals surface area contributed by atoms with E-state index >= 15 is 0 Å². The number of fused-ring (bicyclic) bond motifs is 1. The first-order chi connectivity index (χ1) is 13.8. The number of aromatic nitrogens is 5. The van der Waals surface area contributed by atoms with Crippen LogP contribution in [0.4, 0.5) is 11.4 Å². The minimum Gasteiger partial charge on any atom is -0.355 e. The molecule has 0 atom stereocenters. The number of aromatic amines is 1. The van der Waals surface area contributed by atoms with Gasteiger partial charge in [0, 0.05) is 16.3 Å². The molecule has 29 heavy (non-hydrogen) atoms. The van der Waals surface area contributed by atoms with Crippen molar-refractivity contribution in [1.82, 2.24) is 25.8 Å². The van der Waals surface area contributed by atoms with Crippen LogP contribution in [0.25, 0.3) is 22.4 Å². The first-order valence-electron chi connectivity index (χ1n) is 8.02. The van der Waals surface area contributed by atoms with Gasteiger partial charge in [-0.25, -0.2) is 13.5 Å². The van der Waals surface area contributed by atoms with Gasteiger partial charge in [-0.15, -0.1) is 5.10 Å². The van der Waals surface area contributed by atoms with Gasteiger partial charge in [0.1, 0.15) is 0 Å². The summed E-state index contributed by atoms with van der Waals surface area (Å²) in [6.45, 7) is 0. The summed E-state index contributed by atoms with van der Waals surface area (Å²) in [6, 6.07) is 9.26. The number of amides is 1. The Balaban J connectivity index is 1.69. The van der Waals surface area contributed by atoms with Gasteiger partial charge in [-0.1, -0.05) is 16.8 Å². The molecule has 0 fully saturated rings. The Morgan fingerprint density at radius 3 is 2.76 bits per heavy atom. The topological polar surface area (TPSA) is 156 Å². The number of nitrogens with zero attached hydrogens (tertiary/aromatic N) is 4. The fraction of sp³-hybridized carbons (Fsp3) is 0.0625. The average molecular weight is 434 g/mol. The molecule has 0 radical (unpaired) electrons. The van der Waals surface area contributed by atoms with Gasteiger partial charge in [0.25, 0.3) is 5.91 Å². The van der Waals surface area contributed by atoms with Gasteiger partial charge in [-0.05, 0) is 46.8 Å². The molecule has 0 aliphatic rings. The van der Waals surface area contributed by atoms with Gasteiger partial charge < -0.3 is 9.84 Å². The molecule has 2 aromatic heterocycles. The third-order valence-electron chi connectivity index (χ3n) is 3.82. The van der Waals surface area contributed by atoms with Gasteiger partial charge in [0.2, 0.25) is 10.0 Å². The van der Waals surface area contributed by atoms with Gasteiger partial charge in [-0.3, -0.25) is 9.52 Å². The highest BCUT2D eigenvalue weighted by Crippen LogP contribution is 2.29. The lowest BCUT2D eigenvalue weighted by Crippen LogP contribution is -2.14. The molecule has 0 aliphatic carbocycles. The first-order valence-corrected chi connectivity index (χ1v) is 10.3. The molecule has 13 heteroatoms. The fourth-order valence-corrected chi connectivity index (χ4v) is 3.38. The van der Waals surface area contributed by atoms with Crippen molar-refractivity contribution in [3.63, 3.8) is 0 Å². The van der Waals surface area contributed by atoms with Gasteiger partial charge in [0.05, 0.1) is 17.3 Å². The minimum atomic E-state index is -3.48.